The van der Waals surface area contributed by atoms with Gasteiger partial charge in [-0.05, 0) is 13.0 Å². The molecule has 0 amide bonds. The van der Waals surface area contributed by atoms with E-state index >= 15 is 0 Å². The molecule has 3 nitrogen and oxygen atoms in total. The zero-order valence-corrected chi connectivity index (χ0v) is 7.70. The minimum atomic E-state index is -0.000649. The molecular weight excluding hydrogens is 178 g/mol. The van der Waals surface area contributed by atoms with Crippen molar-refractivity contribution in [3.8, 4) is 0 Å². The molecule has 2 aromatic rings. The van der Waals surface area contributed by atoms with Crippen LogP contribution in [-0.4, -0.2) is 17.1 Å². The highest BCUT2D eigenvalue weighted by Gasteiger charge is 2.09. The molecule has 0 saturated heterocycles. The Morgan fingerprint density at radius 3 is 2.86 bits per heavy atom. The summed E-state index contributed by atoms with van der Waals surface area (Å²) in [6.45, 7) is 1.51. The zero-order valence-electron chi connectivity index (χ0n) is 7.70. The van der Waals surface area contributed by atoms with Gasteiger partial charge < -0.3 is 4.98 Å². The van der Waals surface area contributed by atoms with Crippen LogP contribution in [0.4, 0.5) is 0 Å². The fourth-order valence-corrected chi connectivity index (χ4v) is 1.57. The summed E-state index contributed by atoms with van der Waals surface area (Å²) in [7, 11) is 0. The van der Waals surface area contributed by atoms with Crippen LogP contribution in [-0.2, 0) is 0 Å². The van der Waals surface area contributed by atoms with Gasteiger partial charge in [-0.1, -0.05) is 12.1 Å². The van der Waals surface area contributed by atoms with Gasteiger partial charge in [0.1, 0.15) is 0 Å². The molecule has 0 radical (unpaired) electrons. The van der Waals surface area contributed by atoms with E-state index in [2.05, 4.69) is 4.98 Å². The van der Waals surface area contributed by atoms with E-state index in [0.29, 0.717) is 11.1 Å². The average molecular weight is 187 g/mol. The van der Waals surface area contributed by atoms with Crippen LogP contribution < -0.4 is 0 Å². The second kappa shape index (κ2) is 3.10. The van der Waals surface area contributed by atoms with Crippen LogP contribution in [0.25, 0.3) is 10.9 Å². The first-order chi connectivity index (χ1) is 6.74. The minimum absolute atomic E-state index is 0.000649. The van der Waals surface area contributed by atoms with Gasteiger partial charge in [-0.3, -0.25) is 9.59 Å². The van der Waals surface area contributed by atoms with E-state index < -0.39 is 0 Å². The van der Waals surface area contributed by atoms with Gasteiger partial charge >= 0.3 is 0 Å². The molecule has 0 saturated carbocycles. The summed E-state index contributed by atoms with van der Waals surface area (Å²) in [5.41, 5.74) is 1.94. The molecule has 70 valence electrons. The highest BCUT2D eigenvalue weighted by Crippen LogP contribution is 2.20. The molecule has 1 aromatic heterocycles. The molecule has 14 heavy (non-hydrogen) atoms. The molecule has 0 fully saturated rings. The number of para-hydroxylation sites is 1. The maximum atomic E-state index is 11.2. The van der Waals surface area contributed by atoms with Gasteiger partial charge in [0, 0.05) is 22.7 Å². The number of rotatable bonds is 2. The van der Waals surface area contributed by atoms with Crippen molar-refractivity contribution >= 4 is 23.0 Å². The number of H-pyrrole nitrogens is 1. The first kappa shape index (κ1) is 8.69. The monoisotopic (exact) mass is 187 g/mol. The molecule has 0 aliphatic rings. The van der Waals surface area contributed by atoms with Gasteiger partial charge in [0.15, 0.2) is 12.1 Å². The number of Topliss-reactive ketones (excluding diaryl/α,β-unsaturated/α-hetero) is 1. The number of aldehydes is 1. The lowest BCUT2D eigenvalue weighted by Gasteiger charge is -1.94. The van der Waals surface area contributed by atoms with Gasteiger partial charge in [-0.15, -0.1) is 0 Å². The highest BCUT2D eigenvalue weighted by atomic mass is 16.1. The van der Waals surface area contributed by atoms with Crippen molar-refractivity contribution in [2.45, 2.75) is 6.92 Å². The standard InChI is InChI=1S/C11H9NO2/c1-7(14)10-5-12-11-8(6-13)3-2-4-9(10)11/h2-6,12H,1H3. The van der Waals surface area contributed by atoms with Crippen LogP contribution in [0, 0.1) is 0 Å². The lowest BCUT2D eigenvalue weighted by Crippen LogP contribution is -1.89. The highest BCUT2D eigenvalue weighted by molar-refractivity contribution is 6.09. The second-order valence-electron chi connectivity index (χ2n) is 3.15. The third-order valence-electron chi connectivity index (χ3n) is 2.25. The number of hydrogen-bond acceptors (Lipinski definition) is 2. The fraction of sp³-hybridized carbons (Fsp3) is 0.0909. The lowest BCUT2D eigenvalue weighted by atomic mass is 10.1. The summed E-state index contributed by atoms with van der Waals surface area (Å²) < 4.78 is 0. The van der Waals surface area contributed by atoms with Gasteiger partial charge in [0.25, 0.3) is 0 Å². The number of benzene rings is 1. The topological polar surface area (TPSA) is 49.9 Å². The Bertz CT molecular complexity index is 511. The van der Waals surface area contributed by atoms with E-state index in [-0.39, 0.29) is 5.78 Å². The first-order valence-corrected chi connectivity index (χ1v) is 4.30. The Labute approximate surface area is 80.7 Å². The quantitative estimate of drug-likeness (QED) is 0.578. The van der Waals surface area contributed by atoms with E-state index in [9.17, 15) is 9.59 Å². The molecule has 0 aliphatic heterocycles. The summed E-state index contributed by atoms with van der Waals surface area (Å²) in [6, 6.07) is 5.32. The predicted octanol–water partition coefficient (Wildman–Crippen LogP) is 2.18. The lowest BCUT2D eigenvalue weighted by molar-refractivity contribution is 0.101. The number of hydrogen-bond donors (Lipinski definition) is 1. The van der Waals surface area contributed by atoms with E-state index in [0.717, 1.165) is 17.2 Å². The predicted molar refractivity (Wildman–Crippen MR) is 53.7 cm³/mol. The minimum Gasteiger partial charge on any atom is -0.360 e. The van der Waals surface area contributed by atoms with Crippen LogP contribution >= 0.6 is 0 Å². The van der Waals surface area contributed by atoms with Crippen molar-refractivity contribution in [2.24, 2.45) is 0 Å². The SMILES string of the molecule is CC(=O)c1c[nH]c2c(C=O)cccc12. The van der Waals surface area contributed by atoms with Crippen molar-refractivity contribution in [3.05, 3.63) is 35.5 Å². The molecule has 0 atom stereocenters. The molecule has 0 spiro atoms. The van der Waals surface area contributed by atoms with Gasteiger partial charge in [-0.25, -0.2) is 0 Å². The van der Waals surface area contributed by atoms with Crippen molar-refractivity contribution in [3.63, 3.8) is 0 Å². The molecule has 1 N–H and O–H groups in total. The van der Waals surface area contributed by atoms with Crippen molar-refractivity contribution in [2.75, 3.05) is 0 Å². The van der Waals surface area contributed by atoms with E-state index in [1.54, 1.807) is 18.3 Å². The molecule has 0 unspecified atom stereocenters. The van der Waals surface area contributed by atoms with Crippen LogP contribution in [0.15, 0.2) is 24.4 Å². The number of aromatic nitrogens is 1. The summed E-state index contributed by atoms with van der Waals surface area (Å²) in [5.74, 6) is -0.000649. The Balaban J connectivity index is 2.82. The van der Waals surface area contributed by atoms with Crippen LogP contribution in [0.5, 0.6) is 0 Å². The third kappa shape index (κ3) is 1.14. The maximum Gasteiger partial charge on any atom is 0.161 e. The van der Waals surface area contributed by atoms with Gasteiger partial charge in [0.2, 0.25) is 0 Å². The Hall–Kier alpha value is -1.90. The van der Waals surface area contributed by atoms with Crippen molar-refractivity contribution in [1.82, 2.24) is 4.98 Å². The normalized spacial score (nSPS) is 10.4. The fourth-order valence-electron chi connectivity index (χ4n) is 1.57. The molecule has 0 bridgehead atoms. The third-order valence-corrected chi connectivity index (χ3v) is 2.25. The Kier molecular flexibility index (Phi) is 1.93. The largest absolute Gasteiger partial charge is 0.360 e. The molecule has 1 heterocycles. The second-order valence-corrected chi connectivity index (χ2v) is 3.15. The number of fused-ring (bicyclic) bond motifs is 1. The average Bonchev–Trinajstić information content (AvgIpc) is 2.60. The zero-order chi connectivity index (χ0) is 10.1. The Morgan fingerprint density at radius 2 is 2.21 bits per heavy atom. The van der Waals surface area contributed by atoms with E-state index in [1.807, 2.05) is 6.07 Å². The van der Waals surface area contributed by atoms with E-state index in [4.69, 9.17) is 0 Å². The molecule has 0 aliphatic carbocycles. The number of ketones is 1. The molecule has 3 heteroatoms. The van der Waals surface area contributed by atoms with Gasteiger partial charge in [0.05, 0.1) is 5.52 Å². The smallest absolute Gasteiger partial charge is 0.161 e. The van der Waals surface area contributed by atoms with Crippen LogP contribution in [0.3, 0.4) is 0 Å². The van der Waals surface area contributed by atoms with Crippen molar-refractivity contribution < 1.29 is 9.59 Å². The van der Waals surface area contributed by atoms with E-state index in [1.165, 1.54) is 6.92 Å². The maximum absolute atomic E-state index is 11.2. The number of carbonyl (C=O) groups is 2. The Morgan fingerprint density at radius 1 is 1.43 bits per heavy atom. The summed E-state index contributed by atoms with van der Waals surface area (Å²) in [5, 5.41) is 0.808. The summed E-state index contributed by atoms with van der Waals surface area (Å²) >= 11 is 0. The van der Waals surface area contributed by atoms with Gasteiger partial charge in [-0.2, -0.15) is 0 Å². The summed E-state index contributed by atoms with van der Waals surface area (Å²) in [4.78, 5) is 24.8. The van der Waals surface area contributed by atoms with Crippen LogP contribution in [0.1, 0.15) is 27.6 Å². The molecule has 1 aromatic carbocycles. The molecular formula is C11H9NO2. The number of nitrogens with one attached hydrogen (secondary N) is 1. The summed E-state index contributed by atoms with van der Waals surface area (Å²) in [6.07, 6.45) is 2.42. The van der Waals surface area contributed by atoms with Crippen molar-refractivity contribution in [1.29, 1.82) is 0 Å². The number of carbonyl (C=O) groups excluding carboxylic acids is 2. The molecule has 2 rings (SSSR count). The first-order valence-electron chi connectivity index (χ1n) is 4.30. The van der Waals surface area contributed by atoms with Crippen LogP contribution in [0.2, 0.25) is 0 Å². The number of aromatic amines is 1.